The van der Waals surface area contributed by atoms with Crippen LogP contribution in [0.1, 0.15) is 12.8 Å². The van der Waals surface area contributed by atoms with Crippen molar-refractivity contribution < 1.29 is 9.90 Å². The summed E-state index contributed by atoms with van der Waals surface area (Å²) in [4.78, 5) is 11.3. The zero-order chi connectivity index (χ0) is 10.0. The molecule has 14 heavy (non-hydrogen) atoms. The molecule has 2 heterocycles. The van der Waals surface area contributed by atoms with Crippen LogP contribution in [0.5, 0.6) is 0 Å². The minimum Gasteiger partial charge on any atom is -0.479 e. The molecule has 0 aromatic carbocycles. The van der Waals surface area contributed by atoms with Gasteiger partial charge in [0.25, 0.3) is 0 Å². The van der Waals surface area contributed by atoms with Gasteiger partial charge >= 0.3 is 5.97 Å². The van der Waals surface area contributed by atoms with Crippen LogP contribution in [0.2, 0.25) is 0 Å². The van der Waals surface area contributed by atoms with E-state index in [1.807, 2.05) is 0 Å². The maximum absolute atomic E-state index is 11.3. The number of nitrogens with one attached hydrogen (secondary N) is 1. The van der Waals surface area contributed by atoms with Crippen molar-refractivity contribution in [3.05, 3.63) is 18.5 Å². The van der Waals surface area contributed by atoms with Crippen molar-refractivity contribution in [3.63, 3.8) is 0 Å². The van der Waals surface area contributed by atoms with Crippen molar-refractivity contribution in [1.29, 1.82) is 0 Å². The molecule has 0 unspecified atom stereocenters. The predicted octanol–water partition coefficient (Wildman–Crippen LogP) is 0.0464. The Bertz CT molecular complexity index is 315. The molecule has 5 heteroatoms. The number of rotatable bonds is 2. The fourth-order valence-corrected chi connectivity index (χ4v) is 1.90. The lowest BCUT2D eigenvalue weighted by Gasteiger charge is -2.33. The topological polar surface area (TPSA) is 67.1 Å². The van der Waals surface area contributed by atoms with Gasteiger partial charge in [0.2, 0.25) is 0 Å². The van der Waals surface area contributed by atoms with E-state index >= 15 is 0 Å². The first-order valence-corrected chi connectivity index (χ1v) is 4.70. The van der Waals surface area contributed by atoms with Gasteiger partial charge in [-0.1, -0.05) is 0 Å². The second-order valence-corrected chi connectivity index (χ2v) is 3.54. The largest absolute Gasteiger partial charge is 0.479 e. The highest BCUT2D eigenvalue weighted by molar-refractivity contribution is 5.76. The van der Waals surface area contributed by atoms with Crippen molar-refractivity contribution >= 4 is 5.97 Å². The van der Waals surface area contributed by atoms with E-state index in [1.54, 1.807) is 23.1 Å². The van der Waals surface area contributed by atoms with Gasteiger partial charge in [-0.15, -0.1) is 0 Å². The summed E-state index contributed by atoms with van der Waals surface area (Å²) in [5, 5.41) is 16.5. The minimum absolute atomic E-state index is 0.587. The van der Waals surface area contributed by atoms with Crippen LogP contribution in [0, 0.1) is 0 Å². The second kappa shape index (κ2) is 3.42. The van der Waals surface area contributed by atoms with Gasteiger partial charge in [0.05, 0.1) is 0 Å². The van der Waals surface area contributed by atoms with Crippen LogP contribution in [-0.2, 0) is 10.3 Å². The third-order valence-electron chi connectivity index (χ3n) is 2.77. The highest BCUT2D eigenvalue weighted by Gasteiger charge is 2.41. The molecule has 76 valence electrons. The van der Waals surface area contributed by atoms with E-state index in [2.05, 4.69) is 10.4 Å². The molecule has 0 spiro atoms. The lowest BCUT2D eigenvalue weighted by atomic mass is 9.89. The van der Waals surface area contributed by atoms with Crippen LogP contribution < -0.4 is 5.32 Å². The third-order valence-corrected chi connectivity index (χ3v) is 2.77. The maximum atomic E-state index is 11.3. The molecular weight excluding hydrogens is 182 g/mol. The van der Waals surface area contributed by atoms with E-state index in [1.165, 1.54) is 0 Å². The smallest absolute Gasteiger partial charge is 0.331 e. The lowest BCUT2D eigenvalue weighted by molar-refractivity contribution is -0.149. The summed E-state index contributed by atoms with van der Waals surface area (Å²) >= 11 is 0. The Balaban J connectivity index is 2.35. The van der Waals surface area contributed by atoms with Crippen molar-refractivity contribution in [2.75, 3.05) is 13.1 Å². The van der Waals surface area contributed by atoms with Gasteiger partial charge in [-0.05, 0) is 32.0 Å². The molecule has 1 fully saturated rings. The van der Waals surface area contributed by atoms with Gasteiger partial charge in [0.15, 0.2) is 5.54 Å². The van der Waals surface area contributed by atoms with Crippen molar-refractivity contribution in [2.24, 2.45) is 0 Å². The number of carboxylic acids is 1. The first-order valence-electron chi connectivity index (χ1n) is 4.70. The van der Waals surface area contributed by atoms with E-state index in [9.17, 15) is 9.90 Å². The molecule has 1 aromatic heterocycles. The lowest BCUT2D eigenvalue weighted by Crippen LogP contribution is -2.50. The van der Waals surface area contributed by atoms with E-state index in [0.717, 1.165) is 13.1 Å². The molecule has 1 aliphatic rings. The number of hydrogen-bond donors (Lipinski definition) is 2. The fraction of sp³-hybridized carbons (Fsp3) is 0.556. The van der Waals surface area contributed by atoms with Gasteiger partial charge in [-0.2, -0.15) is 5.10 Å². The van der Waals surface area contributed by atoms with Crippen LogP contribution >= 0.6 is 0 Å². The Hall–Kier alpha value is -1.36. The Morgan fingerprint density at radius 1 is 1.50 bits per heavy atom. The molecule has 0 amide bonds. The molecule has 1 aromatic rings. The highest BCUT2D eigenvalue weighted by Crippen LogP contribution is 2.26. The summed E-state index contributed by atoms with van der Waals surface area (Å²) in [5.74, 6) is -0.789. The number of nitrogens with zero attached hydrogens (tertiary/aromatic N) is 2. The zero-order valence-corrected chi connectivity index (χ0v) is 7.81. The molecule has 0 atom stereocenters. The summed E-state index contributed by atoms with van der Waals surface area (Å²) in [6.45, 7) is 1.46. The Morgan fingerprint density at radius 2 is 2.21 bits per heavy atom. The fourth-order valence-electron chi connectivity index (χ4n) is 1.90. The number of aromatic nitrogens is 2. The van der Waals surface area contributed by atoms with E-state index < -0.39 is 11.5 Å². The summed E-state index contributed by atoms with van der Waals surface area (Å²) in [5.41, 5.74) is -0.839. The quantitative estimate of drug-likeness (QED) is 0.699. The molecule has 0 aliphatic carbocycles. The molecule has 0 bridgehead atoms. The average Bonchev–Trinajstić information content (AvgIpc) is 2.72. The molecule has 0 saturated carbocycles. The monoisotopic (exact) mass is 195 g/mol. The van der Waals surface area contributed by atoms with Crippen LogP contribution in [0.15, 0.2) is 18.5 Å². The van der Waals surface area contributed by atoms with E-state index in [-0.39, 0.29) is 0 Å². The van der Waals surface area contributed by atoms with Crippen molar-refractivity contribution in [1.82, 2.24) is 15.1 Å². The van der Waals surface area contributed by atoms with Gasteiger partial charge in [-0.3, -0.25) is 4.68 Å². The SMILES string of the molecule is O=C(O)C1(n2cccn2)CCNCC1. The van der Waals surface area contributed by atoms with Crippen LogP contribution in [0.4, 0.5) is 0 Å². The van der Waals surface area contributed by atoms with Gasteiger partial charge < -0.3 is 10.4 Å². The standard InChI is InChI=1S/C9H13N3O2/c13-8(14)9(2-5-10-6-3-9)12-7-1-4-11-12/h1,4,7,10H,2-3,5-6H2,(H,13,14). The van der Waals surface area contributed by atoms with Crippen LogP contribution in [0.3, 0.4) is 0 Å². The summed E-state index contributed by atoms with van der Waals surface area (Å²) in [7, 11) is 0. The summed E-state index contributed by atoms with van der Waals surface area (Å²) in [6.07, 6.45) is 4.51. The summed E-state index contributed by atoms with van der Waals surface area (Å²) < 4.78 is 1.57. The van der Waals surface area contributed by atoms with Crippen LogP contribution in [0.25, 0.3) is 0 Å². The third kappa shape index (κ3) is 1.29. The number of carboxylic acid groups (broad SMARTS) is 1. The van der Waals surface area contributed by atoms with E-state index in [0.29, 0.717) is 12.8 Å². The van der Waals surface area contributed by atoms with Crippen LogP contribution in [-0.4, -0.2) is 33.9 Å². The maximum Gasteiger partial charge on any atom is 0.331 e. The zero-order valence-electron chi connectivity index (χ0n) is 7.81. The molecule has 2 N–H and O–H groups in total. The van der Waals surface area contributed by atoms with Gasteiger partial charge in [0.1, 0.15) is 0 Å². The number of aliphatic carboxylic acids is 1. The highest BCUT2D eigenvalue weighted by atomic mass is 16.4. The first kappa shape index (κ1) is 9.21. The average molecular weight is 195 g/mol. The molecule has 1 saturated heterocycles. The van der Waals surface area contributed by atoms with Gasteiger partial charge in [-0.25, -0.2) is 4.79 Å². The van der Waals surface area contributed by atoms with Crippen molar-refractivity contribution in [3.8, 4) is 0 Å². The molecule has 5 nitrogen and oxygen atoms in total. The molecule has 2 rings (SSSR count). The Labute approximate surface area is 81.7 Å². The van der Waals surface area contributed by atoms with Gasteiger partial charge in [0, 0.05) is 12.4 Å². The normalized spacial score (nSPS) is 20.6. The molecular formula is C9H13N3O2. The van der Waals surface area contributed by atoms with Crippen molar-refractivity contribution in [2.45, 2.75) is 18.4 Å². The Kier molecular flexibility index (Phi) is 2.25. The Morgan fingerprint density at radius 3 is 2.71 bits per heavy atom. The number of piperidine rings is 1. The second-order valence-electron chi connectivity index (χ2n) is 3.54. The van der Waals surface area contributed by atoms with E-state index in [4.69, 9.17) is 0 Å². The first-order chi connectivity index (χ1) is 6.76. The molecule has 0 radical (unpaired) electrons. The minimum atomic E-state index is -0.839. The number of carbonyl (C=O) groups is 1. The predicted molar refractivity (Wildman–Crippen MR) is 49.9 cm³/mol. The summed E-state index contributed by atoms with van der Waals surface area (Å²) in [6, 6.07) is 1.76. The molecule has 1 aliphatic heterocycles. The number of hydrogen-bond acceptors (Lipinski definition) is 3.